The van der Waals surface area contributed by atoms with Gasteiger partial charge in [0.25, 0.3) is 0 Å². The first-order valence-electron chi connectivity index (χ1n) is 7.44. The Balaban J connectivity index is 2.02. The van der Waals surface area contributed by atoms with Crippen molar-refractivity contribution in [1.29, 1.82) is 0 Å². The van der Waals surface area contributed by atoms with Crippen molar-refractivity contribution >= 4 is 23.4 Å². The van der Waals surface area contributed by atoms with Crippen LogP contribution >= 0.6 is 12.6 Å². The topological polar surface area (TPSA) is 91.4 Å². The molecule has 3 aromatic carbocycles. The molecule has 0 aliphatic rings. The van der Waals surface area contributed by atoms with E-state index in [0.29, 0.717) is 10.7 Å². The van der Waals surface area contributed by atoms with Gasteiger partial charge in [0.1, 0.15) is 22.2 Å². The van der Waals surface area contributed by atoms with Crippen LogP contribution in [0.25, 0.3) is 27.7 Å². The van der Waals surface area contributed by atoms with Gasteiger partial charge in [0, 0.05) is 17.7 Å². The maximum Gasteiger partial charge on any atom is 0.161 e. The van der Waals surface area contributed by atoms with Crippen LogP contribution in [0.3, 0.4) is 0 Å². The molecule has 0 radical (unpaired) electrons. The lowest BCUT2D eigenvalue weighted by Crippen LogP contribution is -2.00. The zero-order chi connectivity index (χ0) is 17.6. The van der Waals surface area contributed by atoms with Crippen molar-refractivity contribution in [1.82, 2.24) is 15.0 Å². The van der Waals surface area contributed by atoms with E-state index in [1.165, 1.54) is 10.7 Å². The zero-order valence-corrected chi connectivity index (χ0v) is 13.7. The number of phenolic OH excluding ortho intramolecular Hbond substituents is 3. The first-order chi connectivity index (χ1) is 12.1. The summed E-state index contributed by atoms with van der Waals surface area (Å²) < 4.78 is 1.39. The molecule has 0 saturated heterocycles. The molecule has 124 valence electrons. The number of aromatic nitrogens is 3. The van der Waals surface area contributed by atoms with Crippen molar-refractivity contribution in [2.75, 3.05) is 0 Å². The van der Waals surface area contributed by atoms with Crippen LogP contribution in [0, 0.1) is 0 Å². The highest BCUT2D eigenvalue weighted by Gasteiger charge is 2.19. The first-order valence-corrected chi connectivity index (χ1v) is 7.89. The largest absolute Gasteiger partial charge is 0.506 e. The molecule has 0 saturated carbocycles. The van der Waals surface area contributed by atoms with Gasteiger partial charge in [0.15, 0.2) is 11.5 Å². The quantitative estimate of drug-likeness (QED) is 0.252. The third-order valence-corrected chi connectivity index (χ3v) is 4.30. The predicted molar refractivity (Wildman–Crippen MR) is 96.5 cm³/mol. The van der Waals surface area contributed by atoms with E-state index in [0.717, 1.165) is 22.4 Å². The van der Waals surface area contributed by atoms with Crippen molar-refractivity contribution in [2.45, 2.75) is 5.03 Å². The van der Waals surface area contributed by atoms with Gasteiger partial charge in [-0.1, -0.05) is 47.7 Å². The second-order valence-corrected chi connectivity index (χ2v) is 5.95. The number of benzene rings is 3. The number of hydrogen-bond donors (Lipinski definition) is 4. The summed E-state index contributed by atoms with van der Waals surface area (Å²) in [5.74, 6) is -1.03. The van der Waals surface area contributed by atoms with Crippen LogP contribution in [-0.2, 0) is 0 Å². The minimum absolute atomic E-state index is 0.186. The van der Waals surface area contributed by atoms with Crippen molar-refractivity contribution in [3.05, 3.63) is 54.6 Å². The molecule has 4 rings (SSSR count). The van der Waals surface area contributed by atoms with Crippen molar-refractivity contribution in [3.8, 4) is 34.2 Å². The van der Waals surface area contributed by atoms with Gasteiger partial charge in [-0.25, -0.2) is 4.68 Å². The molecule has 0 spiro atoms. The van der Waals surface area contributed by atoms with Gasteiger partial charge >= 0.3 is 0 Å². The molecule has 7 heteroatoms. The van der Waals surface area contributed by atoms with E-state index < -0.39 is 5.75 Å². The van der Waals surface area contributed by atoms with E-state index in [4.69, 9.17) is 0 Å². The SMILES string of the molecule is Oc1cc(O)c(-n2nnc(S)c2-c2cccc3ccccc23)cc1O. The summed E-state index contributed by atoms with van der Waals surface area (Å²) in [6.07, 6.45) is 0. The maximum absolute atomic E-state index is 10.2. The number of rotatable bonds is 2. The summed E-state index contributed by atoms with van der Waals surface area (Å²) in [5.41, 5.74) is 1.59. The fourth-order valence-corrected chi connectivity index (χ4v) is 3.09. The molecular weight excluding hydrogens is 338 g/mol. The zero-order valence-electron chi connectivity index (χ0n) is 12.8. The number of fused-ring (bicyclic) bond motifs is 1. The molecule has 0 unspecified atom stereocenters. The third kappa shape index (κ3) is 2.45. The van der Waals surface area contributed by atoms with Crippen LogP contribution < -0.4 is 0 Å². The summed E-state index contributed by atoms with van der Waals surface area (Å²) >= 11 is 4.40. The number of aromatic hydroxyl groups is 3. The van der Waals surface area contributed by atoms with E-state index in [1.54, 1.807) is 0 Å². The molecule has 0 fully saturated rings. The Hall–Kier alpha value is -3.19. The van der Waals surface area contributed by atoms with Gasteiger partial charge < -0.3 is 15.3 Å². The standard InChI is InChI=1S/C18H13N3O3S/c22-14-9-16(24)15(23)8-13(14)21-17(18(25)19-20-21)12-7-3-5-10-4-1-2-6-11(10)12/h1-9,22-25H. The second kappa shape index (κ2) is 5.71. The fraction of sp³-hybridized carbons (Fsp3) is 0. The molecule has 6 nitrogen and oxygen atoms in total. The van der Waals surface area contributed by atoms with E-state index >= 15 is 0 Å². The van der Waals surface area contributed by atoms with Crippen molar-refractivity contribution < 1.29 is 15.3 Å². The van der Waals surface area contributed by atoms with E-state index in [2.05, 4.69) is 22.9 Å². The highest BCUT2D eigenvalue weighted by molar-refractivity contribution is 7.80. The molecule has 3 N–H and O–H groups in total. The first kappa shape index (κ1) is 15.3. The monoisotopic (exact) mass is 351 g/mol. The Kier molecular flexibility index (Phi) is 3.51. The van der Waals surface area contributed by atoms with Crippen LogP contribution in [0.4, 0.5) is 0 Å². The lowest BCUT2D eigenvalue weighted by Gasteiger charge is -2.12. The number of thiol groups is 1. The van der Waals surface area contributed by atoms with Gasteiger partial charge in [-0.2, -0.15) is 0 Å². The molecule has 25 heavy (non-hydrogen) atoms. The average molecular weight is 351 g/mol. The Morgan fingerprint density at radius 2 is 1.56 bits per heavy atom. The molecule has 0 amide bonds. The number of hydrogen-bond acceptors (Lipinski definition) is 6. The molecule has 0 bridgehead atoms. The number of nitrogens with zero attached hydrogens (tertiary/aromatic N) is 3. The normalized spacial score (nSPS) is 11.1. The van der Waals surface area contributed by atoms with Gasteiger partial charge in [-0.15, -0.1) is 17.7 Å². The highest BCUT2D eigenvalue weighted by Crippen LogP contribution is 2.38. The van der Waals surface area contributed by atoms with Crippen LogP contribution in [0.1, 0.15) is 0 Å². The minimum Gasteiger partial charge on any atom is -0.506 e. The lowest BCUT2D eigenvalue weighted by atomic mass is 10.0. The van der Waals surface area contributed by atoms with E-state index in [1.807, 2.05) is 42.5 Å². The summed E-state index contributed by atoms with van der Waals surface area (Å²) in [7, 11) is 0. The summed E-state index contributed by atoms with van der Waals surface area (Å²) in [4.78, 5) is 0. The summed E-state index contributed by atoms with van der Waals surface area (Å²) in [5, 5.41) is 39.9. The molecule has 1 heterocycles. The molecule has 0 aliphatic heterocycles. The Labute approximate surface area is 148 Å². The summed E-state index contributed by atoms with van der Waals surface area (Å²) in [6, 6.07) is 16.0. The van der Waals surface area contributed by atoms with E-state index in [9.17, 15) is 15.3 Å². The third-order valence-electron chi connectivity index (χ3n) is 4.00. The molecule has 4 aromatic rings. The van der Waals surface area contributed by atoms with Gasteiger partial charge in [0.2, 0.25) is 0 Å². The Morgan fingerprint density at radius 1 is 0.840 bits per heavy atom. The summed E-state index contributed by atoms with van der Waals surface area (Å²) in [6.45, 7) is 0. The van der Waals surface area contributed by atoms with Gasteiger partial charge in [0.05, 0.1) is 0 Å². The maximum atomic E-state index is 10.2. The molecular formula is C18H13N3O3S. The van der Waals surface area contributed by atoms with Crippen LogP contribution in [0.2, 0.25) is 0 Å². The Bertz CT molecular complexity index is 1100. The van der Waals surface area contributed by atoms with Gasteiger partial charge in [-0.3, -0.25) is 0 Å². The fourth-order valence-electron chi connectivity index (χ4n) is 2.83. The Morgan fingerprint density at radius 3 is 2.40 bits per heavy atom. The van der Waals surface area contributed by atoms with Gasteiger partial charge in [-0.05, 0) is 10.8 Å². The van der Waals surface area contributed by atoms with Crippen molar-refractivity contribution in [3.63, 3.8) is 0 Å². The lowest BCUT2D eigenvalue weighted by molar-refractivity contribution is 0.395. The molecule has 0 atom stereocenters. The van der Waals surface area contributed by atoms with Crippen LogP contribution in [0.5, 0.6) is 17.2 Å². The van der Waals surface area contributed by atoms with Crippen molar-refractivity contribution in [2.24, 2.45) is 0 Å². The second-order valence-electron chi connectivity index (χ2n) is 5.53. The number of phenols is 3. The predicted octanol–water partition coefficient (Wildman–Crippen LogP) is 3.49. The van der Waals surface area contributed by atoms with Crippen LogP contribution in [0.15, 0.2) is 59.6 Å². The smallest absolute Gasteiger partial charge is 0.161 e. The molecule has 0 aliphatic carbocycles. The highest BCUT2D eigenvalue weighted by atomic mass is 32.1. The van der Waals surface area contributed by atoms with Crippen LogP contribution in [-0.4, -0.2) is 30.3 Å². The minimum atomic E-state index is -0.417. The molecule has 1 aromatic heterocycles. The van der Waals surface area contributed by atoms with E-state index in [-0.39, 0.29) is 17.2 Å². The average Bonchev–Trinajstić information content (AvgIpc) is 2.99.